The molecule has 0 saturated heterocycles. The number of nitrogens with zero attached hydrogens (tertiary/aromatic N) is 1. The van der Waals surface area contributed by atoms with Gasteiger partial charge in [-0.2, -0.15) is 0 Å². The van der Waals surface area contributed by atoms with Crippen LogP contribution in [0.5, 0.6) is 11.5 Å². The van der Waals surface area contributed by atoms with Crippen LogP contribution in [0.4, 0.5) is 0 Å². The molecule has 0 atom stereocenters. The van der Waals surface area contributed by atoms with E-state index in [-0.39, 0.29) is 0 Å². The molecule has 2 heterocycles. The normalized spacial score (nSPS) is 15.8. The fraction of sp³-hybridized carbons (Fsp3) is 0.345. The van der Waals surface area contributed by atoms with E-state index in [0.717, 1.165) is 17.9 Å². The Morgan fingerprint density at radius 2 is 1.77 bits per heavy atom. The Kier molecular flexibility index (Phi) is 4.31. The molecule has 0 radical (unpaired) electrons. The fourth-order valence-electron chi connectivity index (χ4n) is 6.05. The molecule has 31 heavy (non-hydrogen) atoms. The Bertz CT molecular complexity index is 1340. The number of aromatic nitrogens is 1. The zero-order valence-electron chi connectivity index (χ0n) is 18.8. The Hall–Kier alpha value is -2.87. The van der Waals surface area contributed by atoms with Crippen molar-refractivity contribution in [3.05, 3.63) is 65.4 Å². The number of pyridine rings is 1. The molecule has 2 heteroatoms. The smallest absolute Gasteiger partial charge is 0.228 e. The van der Waals surface area contributed by atoms with E-state index >= 15 is 0 Å². The molecule has 1 aliphatic carbocycles. The number of hydrogen-bond donors (Lipinski definition) is 0. The first-order valence-electron chi connectivity index (χ1n) is 11.9. The van der Waals surface area contributed by atoms with E-state index < -0.39 is 0 Å². The van der Waals surface area contributed by atoms with Gasteiger partial charge in [0, 0.05) is 11.6 Å². The maximum absolute atomic E-state index is 6.83. The average molecular weight is 409 g/mol. The lowest BCUT2D eigenvalue weighted by molar-refractivity contribution is -0.659. The maximum Gasteiger partial charge on any atom is 0.228 e. The molecule has 3 aromatic carbocycles. The van der Waals surface area contributed by atoms with Crippen molar-refractivity contribution in [2.75, 3.05) is 0 Å². The summed E-state index contributed by atoms with van der Waals surface area (Å²) in [6.07, 6.45) is 9.87. The summed E-state index contributed by atoms with van der Waals surface area (Å²) in [6.45, 7) is 4.50. The molecule has 2 aliphatic rings. The Morgan fingerprint density at radius 3 is 2.55 bits per heavy atom. The zero-order valence-corrected chi connectivity index (χ0v) is 18.8. The first-order chi connectivity index (χ1) is 15.2. The van der Waals surface area contributed by atoms with Gasteiger partial charge in [-0.05, 0) is 65.5 Å². The average Bonchev–Trinajstić information content (AvgIpc) is 2.81. The Balaban J connectivity index is 1.69. The quantitative estimate of drug-likeness (QED) is 0.275. The highest BCUT2D eigenvalue weighted by atomic mass is 16.5. The van der Waals surface area contributed by atoms with Crippen LogP contribution in [0.2, 0.25) is 0 Å². The number of aryl methyl sites for hydroxylation is 3. The molecule has 0 amide bonds. The van der Waals surface area contributed by atoms with Gasteiger partial charge in [-0.3, -0.25) is 0 Å². The molecule has 1 aromatic heterocycles. The van der Waals surface area contributed by atoms with Gasteiger partial charge in [0.2, 0.25) is 5.69 Å². The molecule has 0 unspecified atom stereocenters. The third kappa shape index (κ3) is 2.74. The van der Waals surface area contributed by atoms with Gasteiger partial charge in [0.15, 0.2) is 6.20 Å². The van der Waals surface area contributed by atoms with Gasteiger partial charge in [-0.15, -0.1) is 0 Å². The highest BCUT2D eigenvalue weighted by Gasteiger charge is 2.33. The maximum atomic E-state index is 6.83. The summed E-state index contributed by atoms with van der Waals surface area (Å²) in [4.78, 5) is 0. The van der Waals surface area contributed by atoms with E-state index in [1.165, 1.54) is 81.6 Å². The van der Waals surface area contributed by atoms with Gasteiger partial charge in [0.05, 0.1) is 10.9 Å². The van der Waals surface area contributed by atoms with E-state index in [2.05, 4.69) is 74.1 Å². The van der Waals surface area contributed by atoms with Crippen molar-refractivity contribution >= 4 is 21.5 Å². The molecular formula is C29H30NO+. The van der Waals surface area contributed by atoms with Gasteiger partial charge in [-0.1, -0.05) is 56.5 Å². The van der Waals surface area contributed by atoms with Crippen molar-refractivity contribution in [2.45, 2.75) is 58.3 Å². The van der Waals surface area contributed by atoms with Gasteiger partial charge in [0.25, 0.3) is 0 Å². The SMILES string of the molecule is CCc1c2c(c(C)c3ccccc13)-c1c3c(cc(C4CCCCC4)cc3cc[n+]1C)O2. The number of hydrogen-bond acceptors (Lipinski definition) is 1. The summed E-state index contributed by atoms with van der Waals surface area (Å²) >= 11 is 0. The number of ether oxygens (including phenoxy) is 1. The second-order valence-corrected chi connectivity index (χ2v) is 9.40. The summed E-state index contributed by atoms with van der Waals surface area (Å²) in [5.41, 5.74) is 6.65. The lowest BCUT2D eigenvalue weighted by atomic mass is 9.82. The minimum absolute atomic E-state index is 0.667. The topological polar surface area (TPSA) is 13.1 Å². The molecule has 2 nitrogen and oxygen atoms in total. The van der Waals surface area contributed by atoms with Crippen molar-refractivity contribution in [3.8, 4) is 22.8 Å². The van der Waals surface area contributed by atoms with E-state index in [9.17, 15) is 0 Å². The molecule has 156 valence electrons. The number of benzene rings is 3. The summed E-state index contributed by atoms with van der Waals surface area (Å²) in [5, 5.41) is 5.23. The summed E-state index contributed by atoms with van der Waals surface area (Å²) in [6, 6.07) is 15.9. The molecule has 0 N–H and O–H groups in total. The van der Waals surface area contributed by atoms with Gasteiger partial charge in [-0.25, -0.2) is 4.57 Å². The van der Waals surface area contributed by atoms with Crippen molar-refractivity contribution in [2.24, 2.45) is 7.05 Å². The lowest BCUT2D eigenvalue weighted by Crippen LogP contribution is -2.32. The number of rotatable bonds is 2. The van der Waals surface area contributed by atoms with Crippen LogP contribution < -0.4 is 9.30 Å². The molecular weight excluding hydrogens is 378 g/mol. The molecule has 6 rings (SSSR count). The molecule has 1 aliphatic heterocycles. The van der Waals surface area contributed by atoms with Crippen molar-refractivity contribution in [1.29, 1.82) is 0 Å². The van der Waals surface area contributed by atoms with Crippen LogP contribution in [-0.4, -0.2) is 0 Å². The van der Waals surface area contributed by atoms with Crippen LogP contribution >= 0.6 is 0 Å². The predicted octanol–water partition coefficient (Wildman–Crippen LogP) is 7.51. The first kappa shape index (κ1) is 18.9. The van der Waals surface area contributed by atoms with Crippen LogP contribution in [0.25, 0.3) is 32.8 Å². The van der Waals surface area contributed by atoms with E-state index in [0.29, 0.717) is 5.92 Å². The predicted molar refractivity (Wildman–Crippen MR) is 128 cm³/mol. The molecule has 1 saturated carbocycles. The molecule has 0 bridgehead atoms. The highest BCUT2D eigenvalue weighted by Crippen LogP contribution is 2.51. The highest BCUT2D eigenvalue weighted by molar-refractivity contribution is 6.06. The van der Waals surface area contributed by atoms with Crippen molar-refractivity contribution < 1.29 is 9.30 Å². The largest absolute Gasteiger partial charge is 0.455 e. The van der Waals surface area contributed by atoms with Gasteiger partial charge in [0.1, 0.15) is 18.5 Å². The Labute approximate surface area is 184 Å². The van der Waals surface area contributed by atoms with Gasteiger partial charge >= 0.3 is 0 Å². The van der Waals surface area contributed by atoms with Crippen molar-refractivity contribution in [3.63, 3.8) is 0 Å². The van der Waals surface area contributed by atoms with Crippen LogP contribution in [0.1, 0.15) is 61.6 Å². The van der Waals surface area contributed by atoms with Crippen molar-refractivity contribution in [1.82, 2.24) is 0 Å². The third-order valence-electron chi connectivity index (χ3n) is 7.63. The van der Waals surface area contributed by atoms with Crippen LogP contribution in [0.15, 0.2) is 48.7 Å². The first-order valence-corrected chi connectivity index (χ1v) is 11.9. The fourth-order valence-corrected chi connectivity index (χ4v) is 6.05. The minimum Gasteiger partial charge on any atom is -0.455 e. The minimum atomic E-state index is 0.667. The van der Waals surface area contributed by atoms with Gasteiger partial charge < -0.3 is 4.74 Å². The molecule has 4 aromatic rings. The molecule has 1 fully saturated rings. The summed E-state index contributed by atoms with van der Waals surface area (Å²) < 4.78 is 9.12. The molecule has 0 spiro atoms. The monoisotopic (exact) mass is 408 g/mol. The van der Waals surface area contributed by atoms with E-state index in [1.54, 1.807) is 0 Å². The third-order valence-corrected chi connectivity index (χ3v) is 7.63. The second-order valence-electron chi connectivity index (χ2n) is 9.40. The van der Waals surface area contributed by atoms with E-state index in [1.807, 2.05) is 0 Å². The standard InChI is InChI=1S/C29H30NO/c1-4-22-24-13-9-8-12-23(24)18(2)26-28-27-20(14-15-30(28)3)16-21(17-25(27)31-29(22)26)19-10-6-5-7-11-19/h8-9,12-17,19H,4-7,10-11H2,1-3H3/q+1. The van der Waals surface area contributed by atoms with Crippen LogP contribution in [0, 0.1) is 6.92 Å². The Morgan fingerprint density at radius 1 is 1.00 bits per heavy atom. The van der Waals surface area contributed by atoms with Crippen LogP contribution in [0.3, 0.4) is 0 Å². The summed E-state index contributed by atoms with van der Waals surface area (Å²) in [7, 11) is 2.17. The lowest BCUT2D eigenvalue weighted by Gasteiger charge is -2.27. The van der Waals surface area contributed by atoms with E-state index in [4.69, 9.17) is 4.74 Å². The number of fused-ring (bicyclic) bond motifs is 3. The second kappa shape index (κ2) is 7.09. The summed E-state index contributed by atoms with van der Waals surface area (Å²) in [5.74, 6) is 2.78. The zero-order chi connectivity index (χ0) is 21.1. The van der Waals surface area contributed by atoms with Crippen LogP contribution in [-0.2, 0) is 13.5 Å².